The van der Waals surface area contributed by atoms with Crippen molar-refractivity contribution in [3.63, 3.8) is 0 Å². The maximum absolute atomic E-state index is 12.2. The molecule has 0 spiro atoms. The fourth-order valence-corrected chi connectivity index (χ4v) is 2.88. The highest BCUT2D eigenvalue weighted by atomic mass is 35.5. The largest absolute Gasteiger partial charge is 0.264 e. The molecule has 0 aliphatic heterocycles. The second kappa shape index (κ2) is 5.63. The lowest BCUT2D eigenvalue weighted by molar-refractivity contribution is 0.600. The van der Waals surface area contributed by atoms with Crippen molar-refractivity contribution < 1.29 is 8.42 Å². The van der Waals surface area contributed by atoms with Gasteiger partial charge in [0.05, 0.1) is 18.0 Å². The predicted molar refractivity (Wildman–Crippen MR) is 74.0 cm³/mol. The van der Waals surface area contributed by atoms with E-state index in [2.05, 4.69) is 14.7 Å². The summed E-state index contributed by atoms with van der Waals surface area (Å²) < 4.78 is 26.6. The fraction of sp³-hybridized carbons (Fsp3) is 0. The lowest BCUT2D eigenvalue weighted by atomic mass is 10.2. The van der Waals surface area contributed by atoms with Gasteiger partial charge in [-0.15, -0.1) is 0 Å². The van der Waals surface area contributed by atoms with Crippen LogP contribution in [-0.4, -0.2) is 18.4 Å². The fourth-order valence-electron chi connectivity index (χ4n) is 1.37. The van der Waals surface area contributed by atoms with Gasteiger partial charge in [-0.1, -0.05) is 23.2 Å². The first kappa shape index (κ1) is 14.5. The minimum Gasteiger partial charge on any atom is -0.262 e. The third-order valence-electron chi connectivity index (χ3n) is 2.21. The SMILES string of the molecule is N#Cc1ccc(Cl)cc1S(=O)(=O)Nc1cnc(Cl)cn1. The first-order valence-corrected chi connectivity index (χ1v) is 7.36. The number of aromatic nitrogens is 2. The Morgan fingerprint density at radius 2 is 1.95 bits per heavy atom. The first-order chi connectivity index (χ1) is 9.42. The lowest BCUT2D eigenvalue weighted by Gasteiger charge is -2.08. The highest BCUT2D eigenvalue weighted by Crippen LogP contribution is 2.22. The molecule has 1 N–H and O–H groups in total. The Labute approximate surface area is 125 Å². The van der Waals surface area contributed by atoms with Gasteiger partial charge in [0.1, 0.15) is 16.1 Å². The Kier molecular flexibility index (Phi) is 4.09. The first-order valence-electron chi connectivity index (χ1n) is 5.12. The highest BCUT2D eigenvalue weighted by Gasteiger charge is 2.20. The third kappa shape index (κ3) is 3.17. The van der Waals surface area contributed by atoms with Crippen molar-refractivity contribution in [3.05, 3.63) is 46.3 Å². The molecule has 9 heteroatoms. The van der Waals surface area contributed by atoms with Gasteiger partial charge in [0.25, 0.3) is 10.0 Å². The number of nitriles is 1. The quantitative estimate of drug-likeness (QED) is 0.933. The van der Waals surface area contributed by atoms with E-state index in [0.29, 0.717) is 0 Å². The highest BCUT2D eigenvalue weighted by molar-refractivity contribution is 7.92. The smallest absolute Gasteiger partial charge is 0.262 e. The summed E-state index contributed by atoms with van der Waals surface area (Å²) in [7, 11) is -3.99. The molecule has 1 aromatic heterocycles. The number of benzene rings is 1. The van der Waals surface area contributed by atoms with Crippen LogP contribution >= 0.6 is 23.2 Å². The molecule has 0 aliphatic rings. The van der Waals surface area contributed by atoms with E-state index in [1.807, 2.05) is 0 Å². The number of anilines is 1. The molecule has 0 unspecified atom stereocenters. The molecular formula is C11H6Cl2N4O2S. The van der Waals surface area contributed by atoms with Crippen molar-refractivity contribution >= 4 is 39.0 Å². The molecule has 102 valence electrons. The lowest BCUT2D eigenvalue weighted by Crippen LogP contribution is -2.15. The van der Waals surface area contributed by atoms with Crippen molar-refractivity contribution in [3.8, 4) is 6.07 Å². The average Bonchev–Trinajstić information content (AvgIpc) is 2.41. The van der Waals surface area contributed by atoms with E-state index in [1.165, 1.54) is 24.4 Å². The molecule has 0 saturated carbocycles. The molecule has 1 aromatic carbocycles. The molecule has 0 aliphatic carbocycles. The maximum atomic E-state index is 12.2. The zero-order valence-electron chi connectivity index (χ0n) is 9.71. The van der Waals surface area contributed by atoms with E-state index in [-0.39, 0.29) is 26.5 Å². The van der Waals surface area contributed by atoms with Crippen LogP contribution in [0.25, 0.3) is 0 Å². The maximum Gasteiger partial charge on any atom is 0.264 e. The number of nitrogens with one attached hydrogen (secondary N) is 1. The number of hydrogen-bond donors (Lipinski definition) is 1. The summed E-state index contributed by atoms with van der Waals surface area (Å²) in [6, 6.07) is 5.73. The van der Waals surface area contributed by atoms with E-state index in [1.54, 1.807) is 6.07 Å². The van der Waals surface area contributed by atoms with Gasteiger partial charge in [-0.05, 0) is 18.2 Å². The van der Waals surface area contributed by atoms with Crippen LogP contribution in [-0.2, 0) is 10.0 Å². The van der Waals surface area contributed by atoms with E-state index >= 15 is 0 Å². The molecule has 2 aromatic rings. The molecule has 0 atom stereocenters. The Bertz CT molecular complexity index is 785. The molecule has 1 heterocycles. The molecule has 0 saturated heterocycles. The third-order valence-corrected chi connectivity index (χ3v) is 4.04. The van der Waals surface area contributed by atoms with Gasteiger partial charge in [0.15, 0.2) is 5.82 Å². The van der Waals surface area contributed by atoms with Crippen LogP contribution in [0.3, 0.4) is 0 Å². The van der Waals surface area contributed by atoms with Crippen molar-refractivity contribution in [1.82, 2.24) is 9.97 Å². The summed E-state index contributed by atoms with van der Waals surface area (Å²) in [4.78, 5) is 7.24. The molecule has 0 amide bonds. The van der Waals surface area contributed by atoms with E-state index < -0.39 is 10.0 Å². The predicted octanol–water partition coefficient (Wildman–Crippen LogP) is 2.46. The monoisotopic (exact) mass is 328 g/mol. The topological polar surface area (TPSA) is 95.7 Å². The molecule has 2 rings (SSSR count). The van der Waals surface area contributed by atoms with Crippen LogP contribution in [0.4, 0.5) is 5.82 Å². The Morgan fingerprint density at radius 3 is 2.55 bits per heavy atom. The minimum absolute atomic E-state index is 0.0155. The Balaban J connectivity index is 2.43. The van der Waals surface area contributed by atoms with Gasteiger partial charge in [0.2, 0.25) is 0 Å². The van der Waals surface area contributed by atoms with E-state index in [0.717, 1.165) is 6.20 Å². The standard InChI is InChI=1S/C11H6Cl2N4O2S/c12-8-2-1-7(4-14)9(3-8)20(18,19)17-11-6-15-10(13)5-16-11/h1-3,5-6H,(H,16,17). The summed E-state index contributed by atoms with van der Waals surface area (Å²) >= 11 is 11.3. The number of hydrogen-bond acceptors (Lipinski definition) is 5. The van der Waals surface area contributed by atoms with Gasteiger partial charge >= 0.3 is 0 Å². The molecule has 0 radical (unpaired) electrons. The van der Waals surface area contributed by atoms with Gasteiger partial charge in [0, 0.05) is 5.02 Å². The summed E-state index contributed by atoms with van der Waals surface area (Å²) in [5, 5.41) is 9.28. The molecule has 0 fully saturated rings. The van der Waals surface area contributed by atoms with Gasteiger partial charge in [-0.2, -0.15) is 5.26 Å². The number of rotatable bonds is 3. The van der Waals surface area contributed by atoms with Crippen LogP contribution in [0.2, 0.25) is 10.2 Å². The molecule has 0 bridgehead atoms. The van der Waals surface area contributed by atoms with Crippen LogP contribution < -0.4 is 4.72 Å². The molecular weight excluding hydrogens is 323 g/mol. The second-order valence-corrected chi connectivity index (χ2v) is 6.06. The summed E-state index contributed by atoms with van der Waals surface area (Å²) in [5.41, 5.74) is -0.0242. The normalized spacial score (nSPS) is 10.8. The van der Waals surface area contributed by atoms with Crippen molar-refractivity contribution in [2.75, 3.05) is 4.72 Å². The van der Waals surface area contributed by atoms with Crippen molar-refractivity contribution in [1.29, 1.82) is 5.26 Å². The van der Waals surface area contributed by atoms with Crippen molar-refractivity contribution in [2.24, 2.45) is 0 Å². The van der Waals surface area contributed by atoms with Crippen LogP contribution in [0.5, 0.6) is 0 Å². The van der Waals surface area contributed by atoms with Crippen molar-refractivity contribution in [2.45, 2.75) is 4.90 Å². The Hall–Kier alpha value is -1.88. The Morgan fingerprint density at radius 1 is 1.20 bits per heavy atom. The summed E-state index contributed by atoms with van der Waals surface area (Å²) in [6.07, 6.45) is 2.36. The number of halogens is 2. The second-order valence-electron chi connectivity index (χ2n) is 3.58. The molecule has 20 heavy (non-hydrogen) atoms. The molecule has 6 nitrogen and oxygen atoms in total. The van der Waals surface area contributed by atoms with E-state index in [4.69, 9.17) is 28.5 Å². The van der Waals surface area contributed by atoms with Crippen LogP contribution in [0, 0.1) is 11.3 Å². The summed E-state index contributed by atoms with van der Waals surface area (Å²) in [6.45, 7) is 0. The average molecular weight is 329 g/mol. The van der Waals surface area contributed by atoms with Gasteiger partial charge in [-0.25, -0.2) is 18.4 Å². The van der Waals surface area contributed by atoms with Crippen LogP contribution in [0.15, 0.2) is 35.5 Å². The zero-order chi connectivity index (χ0) is 14.8. The van der Waals surface area contributed by atoms with Crippen LogP contribution in [0.1, 0.15) is 5.56 Å². The van der Waals surface area contributed by atoms with Gasteiger partial charge < -0.3 is 0 Å². The number of sulfonamides is 1. The minimum atomic E-state index is -3.99. The zero-order valence-corrected chi connectivity index (χ0v) is 12.0. The van der Waals surface area contributed by atoms with Gasteiger partial charge in [-0.3, -0.25) is 4.72 Å². The summed E-state index contributed by atoms with van der Waals surface area (Å²) in [5.74, 6) is -0.0155. The van der Waals surface area contributed by atoms with E-state index in [9.17, 15) is 8.42 Å². The number of nitrogens with zero attached hydrogens (tertiary/aromatic N) is 3.